The normalized spacial score (nSPS) is 34.3. The first kappa shape index (κ1) is 26.8. The minimum Gasteiger partial charge on any atom is -0.466 e. The second-order valence-corrected chi connectivity index (χ2v) is 11.0. The van der Waals surface area contributed by atoms with E-state index in [0.717, 1.165) is 32.4 Å². The molecule has 0 aromatic carbocycles. The van der Waals surface area contributed by atoms with Gasteiger partial charge in [-0.25, -0.2) is 0 Å². The van der Waals surface area contributed by atoms with Gasteiger partial charge in [0.1, 0.15) is 11.6 Å². The van der Waals surface area contributed by atoms with E-state index in [9.17, 15) is 14.4 Å². The highest BCUT2D eigenvalue weighted by Crippen LogP contribution is 2.60. The number of rotatable bonds is 12. The number of morpholine rings is 1. The number of likely N-dealkylation sites (tertiary alicyclic amines) is 1. The Hall–Kier alpha value is -1.27. The fourth-order valence-corrected chi connectivity index (χ4v) is 7.13. The first-order chi connectivity index (χ1) is 16.9. The van der Waals surface area contributed by atoms with Crippen LogP contribution in [0.3, 0.4) is 0 Å². The first-order valence-electron chi connectivity index (χ1n) is 12.9. The zero-order valence-corrected chi connectivity index (χ0v) is 22.0. The van der Waals surface area contributed by atoms with Crippen LogP contribution in [-0.2, 0) is 28.6 Å². The average molecular weight is 560 g/mol. The van der Waals surface area contributed by atoms with Crippen LogP contribution in [0.1, 0.15) is 39.0 Å². The van der Waals surface area contributed by atoms with E-state index < -0.39 is 35.6 Å². The van der Waals surface area contributed by atoms with E-state index >= 15 is 0 Å². The van der Waals surface area contributed by atoms with Crippen LogP contribution in [-0.4, -0.2) is 114 Å². The molecule has 0 aromatic heterocycles. The molecule has 0 aliphatic carbocycles. The number of aliphatic hydroxyl groups excluding tert-OH is 1. The Morgan fingerprint density at radius 1 is 1.20 bits per heavy atom. The van der Waals surface area contributed by atoms with Crippen molar-refractivity contribution >= 4 is 33.7 Å². The van der Waals surface area contributed by atoms with Crippen LogP contribution in [0.2, 0.25) is 0 Å². The number of ether oxygens (including phenoxy) is 3. The molecule has 2 bridgehead atoms. The number of amides is 2. The van der Waals surface area contributed by atoms with Gasteiger partial charge in [-0.15, -0.1) is 0 Å². The lowest BCUT2D eigenvalue weighted by Crippen LogP contribution is -2.56. The second kappa shape index (κ2) is 11.9. The Bertz CT molecular complexity index is 780. The zero-order valence-electron chi connectivity index (χ0n) is 20.5. The number of esters is 1. The van der Waals surface area contributed by atoms with Gasteiger partial charge >= 0.3 is 5.97 Å². The summed E-state index contributed by atoms with van der Waals surface area (Å²) in [5.74, 6) is -2.29. The van der Waals surface area contributed by atoms with Crippen molar-refractivity contribution in [3.63, 3.8) is 0 Å². The maximum Gasteiger partial charge on any atom is 0.312 e. The molecule has 4 aliphatic heterocycles. The molecule has 4 heterocycles. The van der Waals surface area contributed by atoms with E-state index in [2.05, 4.69) is 26.1 Å². The maximum atomic E-state index is 13.7. The highest BCUT2D eigenvalue weighted by molar-refractivity contribution is 9.09. The highest BCUT2D eigenvalue weighted by atomic mass is 79.9. The number of halogens is 1. The largest absolute Gasteiger partial charge is 0.466 e. The van der Waals surface area contributed by atoms with E-state index in [-0.39, 0.29) is 29.9 Å². The van der Waals surface area contributed by atoms with Gasteiger partial charge in [0.05, 0.1) is 37.8 Å². The molecule has 35 heavy (non-hydrogen) atoms. The molecule has 0 saturated carbocycles. The predicted molar refractivity (Wildman–Crippen MR) is 130 cm³/mol. The van der Waals surface area contributed by atoms with Crippen molar-refractivity contribution in [2.75, 3.05) is 59.2 Å². The molecule has 11 heteroatoms. The van der Waals surface area contributed by atoms with Gasteiger partial charge in [-0.05, 0) is 26.2 Å². The van der Waals surface area contributed by atoms with Crippen molar-refractivity contribution in [2.45, 2.75) is 61.6 Å². The van der Waals surface area contributed by atoms with E-state index in [4.69, 9.17) is 19.3 Å². The number of alkyl halides is 1. The van der Waals surface area contributed by atoms with Gasteiger partial charge in [-0.3, -0.25) is 19.3 Å². The van der Waals surface area contributed by atoms with Crippen LogP contribution in [0, 0.1) is 11.8 Å². The van der Waals surface area contributed by atoms with Crippen LogP contribution in [0.25, 0.3) is 0 Å². The van der Waals surface area contributed by atoms with Crippen molar-refractivity contribution in [3.8, 4) is 0 Å². The lowest BCUT2D eigenvalue weighted by molar-refractivity contribution is -0.154. The van der Waals surface area contributed by atoms with Gasteiger partial charge < -0.3 is 29.5 Å². The first-order valence-corrected chi connectivity index (χ1v) is 13.8. The number of unbranched alkanes of at least 4 members (excludes halogenated alkanes) is 3. The molecule has 3 unspecified atom stereocenters. The predicted octanol–water partition coefficient (Wildman–Crippen LogP) is 0.299. The number of hydrogen-bond acceptors (Lipinski definition) is 8. The van der Waals surface area contributed by atoms with E-state index in [0.29, 0.717) is 45.7 Å². The molecular formula is C24H38BrN3O7. The third-order valence-corrected chi connectivity index (χ3v) is 8.58. The average Bonchev–Trinajstić information content (AvgIpc) is 3.43. The fraction of sp³-hybridized carbons (Fsp3) is 0.875. The Kier molecular flexibility index (Phi) is 9.07. The van der Waals surface area contributed by atoms with E-state index in [1.807, 2.05) is 0 Å². The zero-order chi connectivity index (χ0) is 25.0. The summed E-state index contributed by atoms with van der Waals surface area (Å²) in [6.45, 7) is 6.76. The molecule has 4 saturated heterocycles. The van der Waals surface area contributed by atoms with Gasteiger partial charge in [0.25, 0.3) is 0 Å². The summed E-state index contributed by atoms with van der Waals surface area (Å²) < 4.78 is 17.1. The summed E-state index contributed by atoms with van der Waals surface area (Å²) in [7, 11) is 0. The van der Waals surface area contributed by atoms with Crippen molar-refractivity contribution in [1.82, 2.24) is 15.1 Å². The molecular weight excluding hydrogens is 522 g/mol. The lowest BCUT2D eigenvalue weighted by Gasteiger charge is -2.34. The Balaban J connectivity index is 1.51. The van der Waals surface area contributed by atoms with Crippen LogP contribution in [0.5, 0.6) is 0 Å². The minimum absolute atomic E-state index is 0.130. The molecule has 10 nitrogen and oxygen atoms in total. The number of nitrogens with zero attached hydrogens (tertiary/aromatic N) is 2. The molecule has 2 N–H and O–H groups in total. The minimum atomic E-state index is -1.04. The van der Waals surface area contributed by atoms with Gasteiger partial charge in [0.2, 0.25) is 11.8 Å². The molecule has 198 valence electrons. The summed E-state index contributed by atoms with van der Waals surface area (Å²) in [4.78, 5) is 44.0. The molecule has 0 radical (unpaired) electrons. The van der Waals surface area contributed by atoms with Gasteiger partial charge in [-0.1, -0.05) is 28.8 Å². The topological polar surface area (TPSA) is 118 Å². The molecule has 2 amide bonds. The number of carbonyl (C=O) groups excluding carboxylic acids is 3. The van der Waals surface area contributed by atoms with Crippen LogP contribution in [0.4, 0.5) is 0 Å². The summed E-state index contributed by atoms with van der Waals surface area (Å²) in [5, 5.41) is 12.1. The maximum absolute atomic E-state index is 13.7. The molecule has 4 fully saturated rings. The standard InChI is InChI=1S/C24H38BrN3O7/c1-2-34-23(32)17-18-22(31)28(8-5-3-4-6-12-29)20(24(18)15-16(25)19(17)35-24)21(30)26-7-9-27-10-13-33-14-11-27/h16-20,29H,2-15H2,1H3,(H,26,30)/t16?,17-,18+,19-,20?,24?/m1/s1. The summed E-state index contributed by atoms with van der Waals surface area (Å²) in [6, 6.07) is -0.785. The third kappa shape index (κ3) is 5.25. The molecule has 4 rings (SSSR count). The van der Waals surface area contributed by atoms with Crippen LogP contribution in [0.15, 0.2) is 0 Å². The number of aliphatic hydroxyl groups is 1. The van der Waals surface area contributed by atoms with Crippen molar-refractivity contribution in [3.05, 3.63) is 0 Å². The fourth-order valence-electron chi connectivity index (χ4n) is 6.18. The quantitative estimate of drug-likeness (QED) is 0.199. The van der Waals surface area contributed by atoms with Gasteiger partial charge in [-0.2, -0.15) is 0 Å². The smallest absolute Gasteiger partial charge is 0.312 e. The van der Waals surface area contributed by atoms with Crippen LogP contribution < -0.4 is 5.32 Å². The van der Waals surface area contributed by atoms with Gasteiger partial charge in [0, 0.05) is 44.2 Å². The molecule has 1 spiro atoms. The molecule has 4 aliphatic rings. The third-order valence-electron chi connectivity index (χ3n) is 7.73. The highest BCUT2D eigenvalue weighted by Gasteiger charge is 2.76. The van der Waals surface area contributed by atoms with Crippen molar-refractivity contribution in [2.24, 2.45) is 11.8 Å². The second-order valence-electron chi connectivity index (χ2n) is 9.83. The summed E-state index contributed by atoms with van der Waals surface area (Å²) in [5.41, 5.74) is -1.04. The van der Waals surface area contributed by atoms with E-state index in [1.54, 1.807) is 11.8 Å². The monoisotopic (exact) mass is 559 g/mol. The number of fused-ring (bicyclic) bond motifs is 1. The summed E-state index contributed by atoms with van der Waals surface area (Å²) >= 11 is 3.65. The molecule has 0 aromatic rings. The summed E-state index contributed by atoms with van der Waals surface area (Å²) in [6.07, 6.45) is 3.14. The number of nitrogens with one attached hydrogen (secondary N) is 1. The van der Waals surface area contributed by atoms with E-state index in [1.165, 1.54) is 0 Å². The van der Waals surface area contributed by atoms with Crippen LogP contribution >= 0.6 is 15.9 Å². The Morgan fingerprint density at radius 2 is 1.94 bits per heavy atom. The van der Waals surface area contributed by atoms with Crippen molar-refractivity contribution < 1.29 is 33.7 Å². The Morgan fingerprint density at radius 3 is 2.66 bits per heavy atom. The molecule has 6 atom stereocenters. The SMILES string of the molecule is CCOC(=O)[C@H]1[C@@H]2OC3(CC2Br)C(C(=O)NCCN2CCOCC2)N(CCCCCCO)C(=O)[C@H]13. The number of hydrogen-bond donors (Lipinski definition) is 2. The Labute approximate surface area is 215 Å². The lowest BCUT2D eigenvalue weighted by atomic mass is 9.70. The van der Waals surface area contributed by atoms with Crippen molar-refractivity contribution in [1.29, 1.82) is 0 Å². The number of carbonyl (C=O) groups is 3. The van der Waals surface area contributed by atoms with Gasteiger partial charge in [0.15, 0.2) is 0 Å².